The van der Waals surface area contributed by atoms with Crippen LogP contribution in [0.25, 0.3) is 0 Å². The molecule has 0 radical (unpaired) electrons. The molecule has 0 aromatic carbocycles. The highest BCUT2D eigenvalue weighted by atomic mass is 16.4. The molecule has 1 aliphatic heterocycles. The fourth-order valence-corrected chi connectivity index (χ4v) is 4.14. The van der Waals surface area contributed by atoms with Crippen LogP contribution in [0.5, 0.6) is 0 Å². The van der Waals surface area contributed by atoms with Crippen LogP contribution >= 0.6 is 0 Å². The summed E-state index contributed by atoms with van der Waals surface area (Å²) in [5.74, 6) is 1.03. The first-order chi connectivity index (χ1) is 8.70. The molecule has 3 unspecified atom stereocenters. The standard InChI is InChI=1S/C13H21N3O2/c14-13(17)8-3-5-16(6-4-8)12-10-2-1-9(7-10)11(12)15-18/h8-10,12,18H,1-7H2,(H2,14,17)/b15-11+. The van der Waals surface area contributed by atoms with Crippen LogP contribution in [0.4, 0.5) is 0 Å². The Kier molecular flexibility index (Phi) is 3.01. The average molecular weight is 251 g/mol. The van der Waals surface area contributed by atoms with Gasteiger partial charge in [0.25, 0.3) is 0 Å². The van der Waals surface area contributed by atoms with Crippen LogP contribution in [0.2, 0.25) is 0 Å². The number of carbonyl (C=O) groups is 1. The lowest BCUT2D eigenvalue weighted by molar-refractivity contribution is -0.123. The highest BCUT2D eigenvalue weighted by molar-refractivity contribution is 5.94. The van der Waals surface area contributed by atoms with Crippen LogP contribution in [-0.2, 0) is 4.79 Å². The first-order valence-electron chi connectivity index (χ1n) is 6.96. The Morgan fingerprint density at radius 2 is 2.00 bits per heavy atom. The molecule has 2 saturated carbocycles. The van der Waals surface area contributed by atoms with Crippen LogP contribution < -0.4 is 5.73 Å². The van der Waals surface area contributed by atoms with E-state index < -0.39 is 0 Å². The molecule has 2 bridgehead atoms. The second kappa shape index (κ2) is 4.53. The number of amides is 1. The van der Waals surface area contributed by atoms with Gasteiger partial charge in [-0.15, -0.1) is 0 Å². The van der Waals surface area contributed by atoms with Crippen LogP contribution in [0, 0.1) is 17.8 Å². The summed E-state index contributed by atoms with van der Waals surface area (Å²) in [5, 5.41) is 12.8. The van der Waals surface area contributed by atoms with Gasteiger partial charge in [-0.05, 0) is 51.1 Å². The number of hydrogen-bond donors (Lipinski definition) is 2. The van der Waals surface area contributed by atoms with Crippen molar-refractivity contribution in [3.05, 3.63) is 0 Å². The molecule has 100 valence electrons. The highest BCUT2D eigenvalue weighted by Crippen LogP contribution is 2.45. The molecule has 3 rings (SSSR count). The summed E-state index contributed by atoms with van der Waals surface area (Å²) in [6.45, 7) is 1.81. The number of oxime groups is 1. The number of rotatable bonds is 2. The molecule has 3 fully saturated rings. The van der Waals surface area contributed by atoms with Gasteiger partial charge < -0.3 is 10.9 Å². The Morgan fingerprint density at radius 1 is 1.28 bits per heavy atom. The van der Waals surface area contributed by atoms with Crippen molar-refractivity contribution in [2.24, 2.45) is 28.6 Å². The van der Waals surface area contributed by atoms with Gasteiger partial charge >= 0.3 is 0 Å². The van der Waals surface area contributed by atoms with Gasteiger partial charge in [-0.25, -0.2) is 0 Å². The minimum atomic E-state index is -0.168. The molecule has 1 heterocycles. The first-order valence-corrected chi connectivity index (χ1v) is 6.96. The van der Waals surface area contributed by atoms with Crippen molar-refractivity contribution in [1.29, 1.82) is 0 Å². The second-order valence-corrected chi connectivity index (χ2v) is 5.95. The average Bonchev–Trinajstić information content (AvgIpc) is 2.98. The first kappa shape index (κ1) is 12.0. The zero-order valence-corrected chi connectivity index (χ0v) is 10.6. The van der Waals surface area contributed by atoms with Crippen LogP contribution in [0.1, 0.15) is 32.1 Å². The molecular formula is C13H21N3O2. The predicted octanol–water partition coefficient (Wildman–Crippen LogP) is 0.812. The van der Waals surface area contributed by atoms with E-state index in [9.17, 15) is 10.0 Å². The number of likely N-dealkylation sites (tertiary alicyclic amines) is 1. The zero-order chi connectivity index (χ0) is 12.7. The van der Waals surface area contributed by atoms with E-state index in [2.05, 4.69) is 10.1 Å². The third kappa shape index (κ3) is 1.81. The molecule has 3 aliphatic rings. The molecule has 3 N–H and O–H groups in total. The molecule has 0 aromatic heterocycles. The molecule has 1 saturated heterocycles. The van der Waals surface area contributed by atoms with Gasteiger partial charge in [-0.3, -0.25) is 9.69 Å². The summed E-state index contributed by atoms with van der Waals surface area (Å²) in [6, 6.07) is 0.322. The third-order valence-electron chi connectivity index (χ3n) is 5.08. The largest absolute Gasteiger partial charge is 0.411 e. The maximum Gasteiger partial charge on any atom is 0.220 e. The van der Waals surface area contributed by atoms with Gasteiger partial charge in [0.05, 0.1) is 11.8 Å². The molecule has 5 nitrogen and oxygen atoms in total. The number of nitrogens with zero attached hydrogens (tertiary/aromatic N) is 2. The summed E-state index contributed by atoms with van der Waals surface area (Å²) in [6.07, 6.45) is 5.31. The van der Waals surface area contributed by atoms with Gasteiger partial charge in [0, 0.05) is 11.8 Å². The molecular weight excluding hydrogens is 230 g/mol. The lowest BCUT2D eigenvalue weighted by atomic mass is 9.88. The zero-order valence-electron chi connectivity index (χ0n) is 10.6. The molecule has 1 amide bonds. The van der Waals surface area contributed by atoms with Gasteiger partial charge in [-0.2, -0.15) is 0 Å². The Balaban J connectivity index is 1.68. The smallest absolute Gasteiger partial charge is 0.220 e. The number of nitrogens with two attached hydrogens (primary N) is 1. The van der Waals surface area contributed by atoms with Crippen molar-refractivity contribution < 1.29 is 10.0 Å². The number of fused-ring (bicyclic) bond motifs is 2. The molecule has 0 aromatic rings. The van der Waals surface area contributed by atoms with Crippen molar-refractivity contribution in [1.82, 2.24) is 4.90 Å². The van der Waals surface area contributed by atoms with Crippen molar-refractivity contribution in [3.8, 4) is 0 Å². The maximum atomic E-state index is 11.2. The van der Waals surface area contributed by atoms with Crippen molar-refractivity contribution in [2.75, 3.05) is 13.1 Å². The quantitative estimate of drug-likeness (QED) is 0.563. The number of primary amides is 1. The molecule has 2 aliphatic carbocycles. The minimum absolute atomic E-state index is 0.0364. The monoisotopic (exact) mass is 251 g/mol. The van der Waals surface area contributed by atoms with Gasteiger partial charge in [-0.1, -0.05) is 5.16 Å². The van der Waals surface area contributed by atoms with Crippen molar-refractivity contribution >= 4 is 11.6 Å². The summed E-state index contributed by atoms with van der Waals surface area (Å²) in [4.78, 5) is 13.6. The molecule has 18 heavy (non-hydrogen) atoms. The molecule has 5 heteroatoms. The van der Waals surface area contributed by atoms with Crippen molar-refractivity contribution in [2.45, 2.75) is 38.1 Å². The Morgan fingerprint density at radius 3 is 2.61 bits per heavy atom. The Bertz CT molecular complexity index is 374. The number of carbonyl (C=O) groups excluding carboxylic acids is 1. The highest BCUT2D eigenvalue weighted by Gasteiger charge is 2.48. The van der Waals surface area contributed by atoms with E-state index in [4.69, 9.17) is 5.73 Å². The summed E-state index contributed by atoms with van der Waals surface area (Å²) >= 11 is 0. The Labute approximate surface area is 107 Å². The van der Waals surface area contributed by atoms with E-state index in [1.165, 1.54) is 19.3 Å². The maximum absolute atomic E-state index is 11.2. The minimum Gasteiger partial charge on any atom is -0.411 e. The van der Waals surface area contributed by atoms with Crippen LogP contribution in [0.15, 0.2) is 5.16 Å². The predicted molar refractivity (Wildman–Crippen MR) is 67.3 cm³/mol. The Hall–Kier alpha value is -1.10. The topological polar surface area (TPSA) is 78.9 Å². The summed E-state index contributed by atoms with van der Waals surface area (Å²) in [5.41, 5.74) is 6.35. The van der Waals surface area contributed by atoms with Gasteiger partial charge in [0.1, 0.15) is 0 Å². The summed E-state index contributed by atoms with van der Waals surface area (Å²) < 4.78 is 0. The van der Waals surface area contributed by atoms with Gasteiger partial charge in [0.15, 0.2) is 0 Å². The fourth-order valence-electron chi connectivity index (χ4n) is 4.14. The molecule has 3 atom stereocenters. The van der Waals surface area contributed by atoms with Crippen LogP contribution in [-0.4, -0.2) is 40.9 Å². The lowest BCUT2D eigenvalue weighted by Gasteiger charge is -2.38. The molecule has 0 spiro atoms. The van der Waals surface area contributed by atoms with Crippen molar-refractivity contribution in [3.63, 3.8) is 0 Å². The van der Waals surface area contributed by atoms with E-state index in [0.717, 1.165) is 31.6 Å². The third-order valence-corrected chi connectivity index (χ3v) is 5.08. The van der Waals surface area contributed by atoms with Crippen LogP contribution in [0.3, 0.4) is 0 Å². The van der Waals surface area contributed by atoms with E-state index in [1.54, 1.807) is 0 Å². The number of hydrogen-bond acceptors (Lipinski definition) is 4. The fraction of sp³-hybridized carbons (Fsp3) is 0.846. The lowest BCUT2D eigenvalue weighted by Crippen LogP contribution is -2.49. The van der Waals surface area contributed by atoms with Gasteiger partial charge in [0.2, 0.25) is 5.91 Å². The number of piperidine rings is 1. The normalized spacial score (nSPS) is 39.6. The van der Waals surface area contributed by atoms with E-state index in [-0.39, 0.29) is 11.8 Å². The SMILES string of the molecule is NC(=O)C1CCN(C2/C(=N/O)C3CCC2C3)CC1. The van der Waals surface area contributed by atoms with E-state index in [0.29, 0.717) is 17.9 Å². The second-order valence-electron chi connectivity index (χ2n) is 5.95. The summed E-state index contributed by atoms with van der Waals surface area (Å²) in [7, 11) is 0. The van der Waals surface area contributed by atoms with E-state index >= 15 is 0 Å². The van der Waals surface area contributed by atoms with E-state index in [1.807, 2.05) is 0 Å².